The van der Waals surface area contributed by atoms with Crippen molar-refractivity contribution >= 4 is 5.96 Å². The molecule has 0 saturated carbocycles. The number of halogens is 1. The van der Waals surface area contributed by atoms with E-state index in [1.807, 2.05) is 25.1 Å². The van der Waals surface area contributed by atoms with E-state index in [-0.39, 0.29) is 18.0 Å². The number of nitrogens with zero attached hydrogens (tertiary/aromatic N) is 1. The molecule has 2 aromatic rings. The summed E-state index contributed by atoms with van der Waals surface area (Å²) in [6.45, 7) is 3.20. The summed E-state index contributed by atoms with van der Waals surface area (Å²) < 4.78 is 24.4. The zero-order valence-corrected chi connectivity index (χ0v) is 15.0. The van der Waals surface area contributed by atoms with E-state index in [0.29, 0.717) is 24.9 Å². The van der Waals surface area contributed by atoms with Crippen LogP contribution in [0.15, 0.2) is 53.5 Å². The Morgan fingerprint density at radius 1 is 1.27 bits per heavy atom. The van der Waals surface area contributed by atoms with Gasteiger partial charge in [0.05, 0.1) is 19.2 Å². The molecule has 1 aliphatic heterocycles. The summed E-state index contributed by atoms with van der Waals surface area (Å²) in [4.78, 5) is 4.29. The Kier molecular flexibility index (Phi) is 5.94. The van der Waals surface area contributed by atoms with Gasteiger partial charge in [0.15, 0.2) is 5.96 Å². The highest BCUT2D eigenvalue weighted by Gasteiger charge is 2.21. The maximum atomic E-state index is 13.0. The lowest BCUT2D eigenvalue weighted by atomic mass is 10.0. The number of fused-ring (bicyclic) bond motifs is 1. The van der Waals surface area contributed by atoms with Gasteiger partial charge >= 0.3 is 0 Å². The van der Waals surface area contributed by atoms with Gasteiger partial charge in [0.25, 0.3) is 0 Å². The molecule has 2 atom stereocenters. The number of para-hydroxylation sites is 1. The summed E-state index contributed by atoms with van der Waals surface area (Å²) in [5.74, 6) is 1.99. The first-order chi connectivity index (χ1) is 12.7. The number of aliphatic imine (C=N–C) groups is 1. The summed E-state index contributed by atoms with van der Waals surface area (Å²) >= 11 is 0. The molecule has 2 unspecified atom stereocenters. The average molecular weight is 357 g/mol. The third kappa shape index (κ3) is 4.65. The van der Waals surface area contributed by atoms with Crippen LogP contribution in [0.2, 0.25) is 0 Å². The number of ether oxygens (including phenoxy) is 2. The largest absolute Gasteiger partial charge is 0.493 e. The molecular formula is C20H24FN3O2. The maximum absolute atomic E-state index is 13.0. The van der Waals surface area contributed by atoms with Crippen molar-refractivity contribution in [1.29, 1.82) is 0 Å². The fourth-order valence-corrected chi connectivity index (χ4v) is 2.88. The molecule has 0 aromatic heterocycles. The lowest BCUT2D eigenvalue weighted by molar-refractivity contribution is 0.223. The average Bonchev–Trinajstić information content (AvgIpc) is 2.67. The molecule has 2 aromatic carbocycles. The molecular weight excluding hydrogens is 333 g/mol. The zero-order chi connectivity index (χ0) is 18.4. The molecule has 0 radical (unpaired) electrons. The molecule has 1 aliphatic rings. The highest BCUT2D eigenvalue weighted by atomic mass is 19.1. The monoisotopic (exact) mass is 357 g/mol. The van der Waals surface area contributed by atoms with Gasteiger partial charge in [0.1, 0.15) is 23.4 Å². The van der Waals surface area contributed by atoms with Crippen LogP contribution in [0.4, 0.5) is 4.39 Å². The summed E-state index contributed by atoms with van der Waals surface area (Å²) in [6, 6.07) is 14.2. The number of benzene rings is 2. The van der Waals surface area contributed by atoms with E-state index in [2.05, 4.69) is 21.7 Å². The second-order valence-corrected chi connectivity index (χ2v) is 6.21. The van der Waals surface area contributed by atoms with Crippen molar-refractivity contribution in [1.82, 2.24) is 10.6 Å². The minimum atomic E-state index is -0.274. The zero-order valence-electron chi connectivity index (χ0n) is 15.0. The van der Waals surface area contributed by atoms with Crippen molar-refractivity contribution in [3.8, 4) is 11.5 Å². The van der Waals surface area contributed by atoms with Gasteiger partial charge in [-0.15, -0.1) is 0 Å². The van der Waals surface area contributed by atoms with Gasteiger partial charge < -0.3 is 20.1 Å². The van der Waals surface area contributed by atoms with Gasteiger partial charge in [0, 0.05) is 19.0 Å². The minimum Gasteiger partial charge on any atom is -0.493 e. The van der Waals surface area contributed by atoms with E-state index in [9.17, 15) is 4.39 Å². The summed E-state index contributed by atoms with van der Waals surface area (Å²) in [5.41, 5.74) is 1.14. The minimum absolute atomic E-state index is 0.0963. The van der Waals surface area contributed by atoms with Gasteiger partial charge in [-0.3, -0.25) is 4.99 Å². The fourth-order valence-electron chi connectivity index (χ4n) is 2.88. The molecule has 5 nitrogen and oxygen atoms in total. The predicted octanol–water partition coefficient (Wildman–Crippen LogP) is 3.28. The van der Waals surface area contributed by atoms with E-state index in [1.54, 1.807) is 19.2 Å². The van der Waals surface area contributed by atoms with Crippen LogP contribution in [0.25, 0.3) is 0 Å². The van der Waals surface area contributed by atoms with Gasteiger partial charge in [-0.05, 0) is 37.3 Å². The van der Waals surface area contributed by atoms with E-state index < -0.39 is 0 Å². The van der Waals surface area contributed by atoms with Gasteiger partial charge in [-0.1, -0.05) is 18.2 Å². The Balaban J connectivity index is 1.53. The third-order valence-electron chi connectivity index (χ3n) is 4.20. The SMILES string of the molecule is CN=C(NCC(C)Oc1ccc(F)cc1)NC1CCOc2ccccc21. The second kappa shape index (κ2) is 8.56. The first-order valence-electron chi connectivity index (χ1n) is 8.77. The summed E-state index contributed by atoms with van der Waals surface area (Å²) in [7, 11) is 1.74. The van der Waals surface area contributed by atoms with Crippen molar-refractivity contribution in [2.24, 2.45) is 4.99 Å². The molecule has 0 fully saturated rings. The molecule has 0 bridgehead atoms. The molecule has 2 N–H and O–H groups in total. The number of hydrogen-bond donors (Lipinski definition) is 2. The first-order valence-corrected chi connectivity index (χ1v) is 8.77. The van der Waals surface area contributed by atoms with Crippen LogP contribution >= 0.6 is 0 Å². The van der Waals surface area contributed by atoms with Crippen molar-refractivity contribution < 1.29 is 13.9 Å². The van der Waals surface area contributed by atoms with Gasteiger partial charge in [-0.2, -0.15) is 0 Å². The van der Waals surface area contributed by atoms with Crippen molar-refractivity contribution in [3.63, 3.8) is 0 Å². The molecule has 0 aliphatic carbocycles. The number of nitrogens with one attached hydrogen (secondary N) is 2. The normalized spacial score (nSPS) is 17.7. The molecule has 1 heterocycles. The number of guanidine groups is 1. The van der Waals surface area contributed by atoms with Gasteiger partial charge in [-0.25, -0.2) is 4.39 Å². The Morgan fingerprint density at radius 3 is 2.81 bits per heavy atom. The molecule has 0 spiro atoms. The van der Waals surface area contributed by atoms with E-state index >= 15 is 0 Å². The molecule has 0 saturated heterocycles. The van der Waals surface area contributed by atoms with Crippen molar-refractivity contribution in [3.05, 3.63) is 59.9 Å². The van der Waals surface area contributed by atoms with Crippen molar-refractivity contribution in [2.75, 3.05) is 20.2 Å². The molecule has 26 heavy (non-hydrogen) atoms. The lowest BCUT2D eigenvalue weighted by Gasteiger charge is -2.28. The summed E-state index contributed by atoms with van der Waals surface area (Å²) in [6.07, 6.45) is 0.778. The van der Waals surface area contributed by atoms with Crippen LogP contribution in [0.3, 0.4) is 0 Å². The standard InChI is InChI=1S/C20H24FN3O2/c1-14(26-16-9-7-15(21)8-10-16)13-23-20(22-2)24-18-11-12-25-19-6-4-3-5-17(18)19/h3-10,14,18H,11-13H2,1-2H3,(H2,22,23,24). The predicted molar refractivity (Wildman–Crippen MR) is 100 cm³/mol. The molecule has 6 heteroatoms. The molecule has 3 rings (SSSR count). The Hall–Kier alpha value is -2.76. The van der Waals surface area contributed by atoms with E-state index in [0.717, 1.165) is 17.7 Å². The highest BCUT2D eigenvalue weighted by Crippen LogP contribution is 2.31. The number of rotatable bonds is 5. The fraction of sp³-hybridized carbons (Fsp3) is 0.350. The quantitative estimate of drug-likeness (QED) is 0.637. The van der Waals surface area contributed by atoms with Crippen LogP contribution < -0.4 is 20.1 Å². The van der Waals surface area contributed by atoms with Crippen LogP contribution in [0.5, 0.6) is 11.5 Å². The Labute approximate surface area is 153 Å². The topological polar surface area (TPSA) is 54.9 Å². The number of hydrogen-bond acceptors (Lipinski definition) is 3. The van der Waals surface area contributed by atoms with E-state index in [4.69, 9.17) is 9.47 Å². The van der Waals surface area contributed by atoms with Crippen LogP contribution in [-0.2, 0) is 0 Å². The Morgan fingerprint density at radius 2 is 2.04 bits per heavy atom. The Bertz CT molecular complexity index is 749. The van der Waals surface area contributed by atoms with Crippen molar-refractivity contribution in [2.45, 2.75) is 25.5 Å². The first kappa shape index (κ1) is 18.0. The van der Waals surface area contributed by atoms with Gasteiger partial charge in [0.2, 0.25) is 0 Å². The van der Waals surface area contributed by atoms with Crippen LogP contribution in [0, 0.1) is 5.82 Å². The van der Waals surface area contributed by atoms with Crippen LogP contribution in [0.1, 0.15) is 24.9 Å². The van der Waals surface area contributed by atoms with E-state index in [1.165, 1.54) is 12.1 Å². The molecule has 0 amide bonds. The highest BCUT2D eigenvalue weighted by molar-refractivity contribution is 5.80. The smallest absolute Gasteiger partial charge is 0.191 e. The second-order valence-electron chi connectivity index (χ2n) is 6.21. The maximum Gasteiger partial charge on any atom is 0.191 e. The molecule has 138 valence electrons. The third-order valence-corrected chi connectivity index (χ3v) is 4.20. The summed E-state index contributed by atoms with van der Waals surface area (Å²) in [5, 5.41) is 6.72. The lowest BCUT2D eigenvalue weighted by Crippen LogP contribution is -2.44. The van der Waals surface area contributed by atoms with Crippen LogP contribution in [-0.4, -0.2) is 32.3 Å².